The predicted octanol–water partition coefficient (Wildman–Crippen LogP) is 3.87. The van der Waals surface area contributed by atoms with Crippen LogP contribution >= 0.6 is 0 Å². The molecule has 1 fully saturated rings. The summed E-state index contributed by atoms with van der Waals surface area (Å²) in [6, 6.07) is 2.31. The minimum absolute atomic E-state index is 0.0122. The number of anilines is 1. The number of nitrogen functional groups attached to an aromatic ring is 1. The van der Waals surface area contributed by atoms with Crippen molar-refractivity contribution in [1.29, 1.82) is 0 Å². The minimum atomic E-state index is -4.75. The Bertz CT molecular complexity index is 1440. The third kappa shape index (κ3) is 4.80. The van der Waals surface area contributed by atoms with Crippen molar-refractivity contribution in [1.82, 2.24) is 25.2 Å². The van der Waals surface area contributed by atoms with Crippen LogP contribution in [0.3, 0.4) is 0 Å². The van der Waals surface area contributed by atoms with Crippen molar-refractivity contribution in [3.8, 4) is 11.3 Å². The number of aromatic amines is 1. The molecule has 9 nitrogen and oxygen atoms in total. The molecule has 2 amide bonds. The second-order valence-electron chi connectivity index (χ2n) is 10.8. The molecule has 12 heteroatoms. The van der Waals surface area contributed by atoms with Crippen LogP contribution in [0.25, 0.3) is 22.4 Å². The Morgan fingerprint density at radius 1 is 1.32 bits per heavy atom. The molecule has 5 N–H and O–H groups in total. The molecule has 0 radical (unpaired) electrons. The highest BCUT2D eigenvalue weighted by atomic mass is 19.4. The maximum Gasteiger partial charge on any atom is 0.417 e. The first-order valence-electron chi connectivity index (χ1n) is 12.4. The molecule has 1 aliphatic heterocycles. The fourth-order valence-electron chi connectivity index (χ4n) is 4.92. The lowest BCUT2D eigenvalue weighted by atomic mass is 9.97. The van der Waals surface area contributed by atoms with Gasteiger partial charge in [0.1, 0.15) is 16.9 Å². The molecule has 2 aromatic heterocycles. The third-order valence-corrected chi connectivity index (χ3v) is 7.21. The van der Waals surface area contributed by atoms with E-state index in [1.165, 1.54) is 17.2 Å². The lowest BCUT2D eigenvalue weighted by molar-refractivity contribution is -0.137. The van der Waals surface area contributed by atoms with Crippen LogP contribution in [0.4, 0.5) is 19.0 Å². The zero-order chi connectivity index (χ0) is 27.6. The van der Waals surface area contributed by atoms with Gasteiger partial charge in [0.2, 0.25) is 0 Å². The summed E-state index contributed by atoms with van der Waals surface area (Å²) < 4.78 is 42.4. The topological polar surface area (TPSA) is 137 Å². The Labute approximate surface area is 216 Å². The van der Waals surface area contributed by atoms with Gasteiger partial charge < -0.3 is 26.0 Å². The van der Waals surface area contributed by atoms with Crippen molar-refractivity contribution < 1.29 is 27.9 Å². The van der Waals surface area contributed by atoms with Gasteiger partial charge >= 0.3 is 6.18 Å². The summed E-state index contributed by atoms with van der Waals surface area (Å²) in [5.74, 6) is -0.839. The highest BCUT2D eigenvalue weighted by Crippen LogP contribution is 2.43. The number of hydrogen-bond donors (Lipinski definition) is 4. The molecule has 0 spiro atoms. The van der Waals surface area contributed by atoms with E-state index in [0.717, 1.165) is 18.9 Å². The number of carbonyl (C=O) groups excluding carboxylic acids is 2. The van der Waals surface area contributed by atoms with E-state index in [-0.39, 0.29) is 64.1 Å². The maximum absolute atomic E-state index is 14.1. The quantitative estimate of drug-likeness (QED) is 0.366. The molecule has 5 rings (SSSR count). The number of rotatable bonds is 7. The number of benzene rings is 1. The van der Waals surface area contributed by atoms with E-state index in [0.29, 0.717) is 12.3 Å². The minimum Gasteiger partial charge on any atom is -0.390 e. The average Bonchev–Trinajstić information content (AvgIpc) is 3.54. The molecule has 3 aromatic rings. The molecular weight excluding hydrogens is 501 g/mol. The van der Waals surface area contributed by atoms with Gasteiger partial charge in [-0.1, -0.05) is 0 Å². The number of alkyl halides is 3. The number of fused-ring (bicyclic) bond motifs is 2. The third-order valence-electron chi connectivity index (χ3n) is 7.21. The van der Waals surface area contributed by atoms with Crippen LogP contribution < -0.4 is 11.1 Å². The second-order valence-corrected chi connectivity index (χ2v) is 10.8. The first-order chi connectivity index (χ1) is 17.7. The van der Waals surface area contributed by atoms with Crippen molar-refractivity contribution in [2.75, 3.05) is 12.3 Å². The Morgan fingerprint density at radius 3 is 2.66 bits per heavy atom. The largest absolute Gasteiger partial charge is 0.417 e. The van der Waals surface area contributed by atoms with Crippen molar-refractivity contribution in [3.63, 3.8) is 0 Å². The van der Waals surface area contributed by atoms with Crippen LogP contribution in [-0.2, 0) is 12.7 Å². The molecule has 1 saturated carbocycles. The summed E-state index contributed by atoms with van der Waals surface area (Å²) in [5, 5.41) is 12.6. The lowest BCUT2D eigenvalue weighted by Crippen LogP contribution is -2.35. The number of carbonyl (C=O) groups is 2. The SMILES string of the molecule is C[C@@H](C1CC1)N1Cc2cc(-c3cnc4[nH]c(N)c(C(=O)NCCC(C)(C)O)c4n3)cc(C(F)(F)F)c2C1=O. The number of aliphatic hydroxyl groups is 1. The molecule has 0 unspecified atom stereocenters. The zero-order valence-corrected chi connectivity index (χ0v) is 21.2. The molecule has 2 aliphatic rings. The van der Waals surface area contributed by atoms with Crippen molar-refractivity contribution >= 4 is 28.8 Å². The van der Waals surface area contributed by atoms with E-state index in [4.69, 9.17) is 5.73 Å². The first-order valence-corrected chi connectivity index (χ1v) is 12.4. The zero-order valence-electron chi connectivity index (χ0n) is 21.2. The van der Waals surface area contributed by atoms with Crippen LogP contribution in [0.1, 0.15) is 71.9 Å². The maximum atomic E-state index is 14.1. The molecule has 38 heavy (non-hydrogen) atoms. The fraction of sp³-hybridized carbons (Fsp3) is 0.462. The van der Waals surface area contributed by atoms with Gasteiger partial charge in [-0.3, -0.25) is 9.59 Å². The molecule has 1 aliphatic carbocycles. The number of halogens is 3. The van der Waals surface area contributed by atoms with Gasteiger partial charge in [0, 0.05) is 24.7 Å². The number of amides is 2. The van der Waals surface area contributed by atoms with Crippen molar-refractivity contribution in [2.45, 2.75) is 64.4 Å². The number of H-pyrrole nitrogens is 1. The number of hydrogen-bond acceptors (Lipinski definition) is 6. The summed E-state index contributed by atoms with van der Waals surface area (Å²) >= 11 is 0. The van der Waals surface area contributed by atoms with Crippen LogP contribution in [-0.4, -0.2) is 55.0 Å². The molecular formula is C26H29F3N6O3. The first kappa shape index (κ1) is 26.0. The Morgan fingerprint density at radius 2 is 2.03 bits per heavy atom. The summed E-state index contributed by atoms with van der Waals surface area (Å²) in [4.78, 5) is 38.9. The highest BCUT2D eigenvalue weighted by Gasteiger charge is 2.44. The normalized spacial score (nSPS) is 16.7. The highest BCUT2D eigenvalue weighted by molar-refractivity contribution is 6.09. The Kier molecular flexibility index (Phi) is 6.13. The summed E-state index contributed by atoms with van der Waals surface area (Å²) in [5.41, 5.74) is 4.54. The van der Waals surface area contributed by atoms with Crippen molar-refractivity contribution in [2.24, 2.45) is 5.92 Å². The van der Waals surface area contributed by atoms with E-state index in [1.54, 1.807) is 13.8 Å². The fourth-order valence-corrected chi connectivity index (χ4v) is 4.92. The van der Waals surface area contributed by atoms with Crippen molar-refractivity contribution in [3.05, 3.63) is 40.6 Å². The van der Waals surface area contributed by atoms with E-state index in [2.05, 4.69) is 20.3 Å². The number of aromatic nitrogens is 3. The molecule has 1 atom stereocenters. The van der Waals surface area contributed by atoms with E-state index in [9.17, 15) is 27.9 Å². The van der Waals surface area contributed by atoms with Crippen LogP contribution in [0.5, 0.6) is 0 Å². The predicted molar refractivity (Wildman–Crippen MR) is 134 cm³/mol. The number of nitrogens with two attached hydrogens (primary N) is 1. The molecule has 1 aromatic carbocycles. The summed E-state index contributed by atoms with van der Waals surface area (Å²) in [6.45, 7) is 5.36. The summed E-state index contributed by atoms with van der Waals surface area (Å²) in [7, 11) is 0. The van der Waals surface area contributed by atoms with E-state index < -0.39 is 29.2 Å². The average molecular weight is 531 g/mol. The lowest BCUT2D eigenvalue weighted by Gasteiger charge is -2.24. The van der Waals surface area contributed by atoms with E-state index >= 15 is 0 Å². The van der Waals surface area contributed by atoms with Gasteiger partial charge in [-0.15, -0.1) is 0 Å². The number of nitrogens with zero attached hydrogens (tertiary/aromatic N) is 3. The monoisotopic (exact) mass is 530 g/mol. The molecule has 3 heterocycles. The van der Waals surface area contributed by atoms with Crippen LogP contribution in [0.2, 0.25) is 0 Å². The molecule has 0 bridgehead atoms. The van der Waals surface area contributed by atoms with Crippen LogP contribution in [0, 0.1) is 5.92 Å². The Hall–Kier alpha value is -3.67. The number of nitrogens with one attached hydrogen (secondary N) is 2. The van der Waals surface area contributed by atoms with Gasteiger partial charge in [0.25, 0.3) is 11.8 Å². The van der Waals surface area contributed by atoms with E-state index in [1.807, 2.05) is 6.92 Å². The van der Waals surface area contributed by atoms with Gasteiger partial charge in [-0.2, -0.15) is 13.2 Å². The standard InChI is InChI=1S/C26H29F3N6O3/c1-12(13-4-5-13)35-11-15-8-14(9-16(26(27,28)29)18(15)24(35)37)17-10-32-22-20(33-17)19(21(30)34-22)23(36)31-7-6-25(2,3)38/h8-10,12-13,38H,4-7,11,30H2,1-3H3,(H,31,36)(H,32,34)/t12-/m0/s1. The second kappa shape index (κ2) is 8.97. The van der Waals surface area contributed by atoms with Gasteiger partial charge in [0.05, 0.1) is 28.6 Å². The summed E-state index contributed by atoms with van der Waals surface area (Å²) in [6.07, 6.45) is -1.24. The van der Waals surface area contributed by atoms with Gasteiger partial charge in [-0.05, 0) is 63.6 Å². The molecule has 0 saturated heterocycles. The van der Waals surface area contributed by atoms with Crippen LogP contribution in [0.15, 0.2) is 18.3 Å². The van der Waals surface area contributed by atoms with Gasteiger partial charge in [0.15, 0.2) is 5.65 Å². The molecule has 202 valence electrons. The Balaban J connectivity index is 1.53. The van der Waals surface area contributed by atoms with Gasteiger partial charge in [-0.25, -0.2) is 9.97 Å². The smallest absolute Gasteiger partial charge is 0.390 e.